The van der Waals surface area contributed by atoms with Crippen LogP contribution in [0.1, 0.15) is 52.7 Å². The van der Waals surface area contributed by atoms with Gasteiger partial charge in [0.25, 0.3) is 0 Å². The third kappa shape index (κ3) is 5.58. The third-order valence-corrected chi connectivity index (χ3v) is 9.97. The van der Waals surface area contributed by atoms with Crippen LogP contribution in [0.5, 0.6) is 11.5 Å². The number of benzene rings is 5. The fourth-order valence-electron chi connectivity index (χ4n) is 7.30. The molecule has 51 heavy (non-hydrogen) atoms. The number of rotatable bonds is 4. The third-order valence-electron chi connectivity index (χ3n) is 9.97. The van der Waals surface area contributed by atoms with E-state index in [1.807, 2.05) is 48.8 Å². The molecule has 0 bridgehead atoms. The normalized spacial score (nSPS) is 12.4. The summed E-state index contributed by atoms with van der Waals surface area (Å²) in [5.41, 5.74) is 9.80. The molecule has 0 atom stereocenters. The molecule has 0 saturated heterocycles. The molecule has 0 fully saturated rings. The number of fused-ring (bicyclic) bond motifs is 7. The maximum atomic E-state index is 6.56. The minimum absolute atomic E-state index is 0. The fourth-order valence-corrected chi connectivity index (χ4v) is 7.30. The van der Waals surface area contributed by atoms with Crippen molar-refractivity contribution < 1.29 is 25.8 Å². The molecule has 252 valence electrons. The van der Waals surface area contributed by atoms with Gasteiger partial charge in [0.05, 0.1) is 11.0 Å². The van der Waals surface area contributed by atoms with Crippen LogP contribution in [-0.2, 0) is 31.9 Å². The second-order valence-corrected chi connectivity index (χ2v) is 15.4. The van der Waals surface area contributed by atoms with Crippen molar-refractivity contribution in [1.82, 2.24) is 14.4 Å². The summed E-state index contributed by atoms with van der Waals surface area (Å²) in [6.45, 7) is 13.5. The molecule has 4 aromatic heterocycles. The minimum atomic E-state index is 0. The van der Waals surface area contributed by atoms with Gasteiger partial charge in [-0.3, -0.25) is 0 Å². The first-order valence-corrected chi connectivity index (χ1v) is 17.2. The molecule has 0 spiro atoms. The monoisotopic (exact) mass is 842 g/mol. The van der Waals surface area contributed by atoms with Crippen LogP contribution < -0.4 is 4.74 Å². The van der Waals surface area contributed by atoms with Crippen LogP contribution in [0.15, 0.2) is 116 Å². The Hall–Kier alpha value is -5.05. The first-order chi connectivity index (χ1) is 24.0. The van der Waals surface area contributed by atoms with E-state index < -0.39 is 0 Å². The topological polar surface area (TPSA) is 39.4 Å². The molecule has 0 saturated carbocycles. The predicted octanol–water partition coefficient (Wildman–Crippen LogP) is 12.1. The summed E-state index contributed by atoms with van der Waals surface area (Å²) in [4.78, 5) is 9.42. The Morgan fingerprint density at radius 3 is 2.02 bits per heavy atom. The van der Waals surface area contributed by atoms with E-state index in [0.29, 0.717) is 11.5 Å². The molecular weight excluding hydrogens is 806 g/mol. The van der Waals surface area contributed by atoms with Gasteiger partial charge < -0.3 is 19.1 Å². The van der Waals surface area contributed by atoms with Crippen LogP contribution in [-0.4, -0.2) is 14.4 Å². The fraction of sp³-hybridized carbons (Fsp3) is 0.174. The van der Waals surface area contributed by atoms with E-state index in [9.17, 15) is 0 Å². The summed E-state index contributed by atoms with van der Waals surface area (Å²) in [6.07, 6.45) is 3.70. The number of pyridine rings is 2. The maximum Gasteiger partial charge on any atom is 2.00 e. The van der Waals surface area contributed by atoms with Gasteiger partial charge in [0, 0.05) is 51.0 Å². The van der Waals surface area contributed by atoms with Gasteiger partial charge in [0.1, 0.15) is 0 Å². The summed E-state index contributed by atoms with van der Waals surface area (Å²) in [5.74, 6) is 1.22. The molecule has 4 nitrogen and oxygen atoms in total. The Morgan fingerprint density at radius 1 is 0.549 bits per heavy atom. The van der Waals surface area contributed by atoms with Crippen molar-refractivity contribution in [3.05, 3.63) is 139 Å². The van der Waals surface area contributed by atoms with Gasteiger partial charge in [0.15, 0.2) is 0 Å². The molecular formula is C46H37N3OPt. The van der Waals surface area contributed by atoms with E-state index in [-0.39, 0.29) is 31.9 Å². The van der Waals surface area contributed by atoms with E-state index in [0.717, 1.165) is 33.3 Å². The molecule has 5 aromatic carbocycles. The molecule has 0 aliphatic rings. The van der Waals surface area contributed by atoms with Crippen molar-refractivity contribution in [2.75, 3.05) is 0 Å². The van der Waals surface area contributed by atoms with E-state index in [2.05, 4.69) is 130 Å². The number of ether oxygens (including phenoxy) is 1. The van der Waals surface area contributed by atoms with E-state index >= 15 is 0 Å². The van der Waals surface area contributed by atoms with Crippen molar-refractivity contribution in [2.45, 2.75) is 52.4 Å². The number of hydrogen-bond acceptors (Lipinski definition) is 3. The van der Waals surface area contributed by atoms with E-state index in [4.69, 9.17) is 9.72 Å². The van der Waals surface area contributed by atoms with Crippen LogP contribution in [0, 0.1) is 12.1 Å². The summed E-state index contributed by atoms with van der Waals surface area (Å²) >= 11 is 0. The van der Waals surface area contributed by atoms with Crippen LogP contribution >= 0.6 is 0 Å². The SMILES string of the molecule is CC(C)(C)c1ccnc(-c2[c-]c(Oc3[c-]c(-c4ccccn4)c4cc5c(cc4c3)c3cccc4c6cc(C(C)(C)C)ccc6n5c43)ccc2)c1.[Pt+2]. The van der Waals surface area contributed by atoms with Crippen molar-refractivity contribution in [3.8, 4) is 34.0 Å². The van der Waals surface area contributed by atoms with Gasteiger partial charge in [-0.25, -0.2) is 0 Å². The van der Waals surface area contributed by atoms with Gasteiger partial charge >= 0.3 is 21.1 Å². The summed E-state index contributed by atoms with van der Waals surface area (Å²) in [6, 6.07) is 43.6. The summed E-state index contributed by atoms with van der Waals surface area (Å²) in [5, 5.41) is 7.17. The number of hydrogen-bond donors (Lipinski definition) is 0. The van der Waals surface area contributed by atoms with Gasteiger partial charge in [-0.05, 0) is 57.6 Å². The smallest absolute Gasteiger partial charge is 0.497 e. The first-order valence-electron chi connectivity index (χ1n) is 17.2. The largest absolute Gasteiger partial charge is 2.00 e. The van der Waals surface area contributed by atoms with Crippen molar-refractivity contribution in [2.24, 2.45) is 0 Å². The van der Waals surface area contributed by atoms with Crippen LogP contribution in [0.3, 0.4) is 0 Å². The van der Waals surface area contributed by atoms with Crippen molar-refractivity contribution >= 4 is 48.9 Å². The van der Waals surface area contributed by atoms with Gasteiger partial charge in [-0.15, -0.1) is 29.3 Å². The first kappa shape index (κ1) is 33.1. The molecule has 5 heteroatoms. The molecule has 0 N–H and O–H groups in total. The van der Waals surface area contributed by atoms with Crippen LogP contribution in [0.25, 0.3) is 71.4 Å². The Morgan fingerprint density at radius 2 is 1.27 bits per heavy atom. The van der Waals surface area contributed by atoms with E-state index in [1.165, 1.54) is 49.2 Å². The molecule has 9 aromatic rings. The second kappa shape index (κ2) is 12.0. The van der Waals surface area contributed by atoms with Gasteiger partial charge in [-0.1, -0.05) is 125 Å². The zero-order valence-corrected chi connectivity index (χ0v) is 31.8. The number of para-hydroxylation sites is 1. The van der Waals surface area contributed by atoms with Crippen LogP contribution in [0.4, 0.5) is 0 Å². The Bertz CT molecular complexity index is 2750. The molecule has 0 unspecified atom stereocenters. The van der Waals surface area contributed by atoms with Crippen LogP contribution in [0.2, 0.25) is 0 Å². The quantitative estimate of drug-likeness (QED) is 0.166. The molecule has 0 amide bonds. The average molecular weight is 843 g/mol. The van der Waals surface area contributed by atoms with Crippen molar-refractivity contribution in [1.29, 1.82) is 0 Å². The van der Waals surface area contributed by atoms with Crippen molar-refractivity contribution in [3.63, 3.8) is 0 Å². The Labute approximate surface area is 312 Å². The average Bonchev–Trinajstić information content (AvgIpc) is 3.62. The molecule has 0 aliphatic heterocycles. The second-order valence-electron chi connectivity index (χ2n) is 15.4. The minimum Gasteiger partial charge on any atom is -0.497 e. The van der Waals surface area contributed by atoms with E-state index in [1.54, 1.807) is 0 Å². The Balaban J connectivity index is 0.00000374. The standard InChI is InChI=1S/C46H37N3O.Pt/c1-45(2,3)30-16-17-42-39(24-30)35-14-10-13-34-38-23-29-22-33(26-37(40-15-7-8-19-47-40)36(29)27-43(38)49(42)44(34)35)50-32-12-9-11-28(21-32)41-25-31(18-20-48-41)46(4,5)6;/h7-20,22-25,27H,1-6H3;/q-2;+2. The molecule has 9 rings (SSSR count). The summed E-state index contributed by atoms with van der Waals surface area (Å²) < 4.78 is 9.00. The van der Waals surface area contributed by atoms with Gasteiger partial charge in [-0.2, -0.15) is 0 Å². The maximum absolute atomic E-state index is 6.56. The number of aromatic nitrogens is 3. The zero-order valence-electron chi connectivity index (χ0n) is 29.5. The summed E-state index contributed by atoms with van der Waals surface area (Å²) in [7, 11) is 0. The van der Waals surface area contributed by atoms with Gasteiger partial charge in [0.2, 0.25) is 0 Å². The number of nitrogens with zero attached hydrogens (tertiary/aromatic N) is 3. The molecule has 0 aliphatic carbocycles. The predicted molar refractivity (Wildman–Crippen MR) is 207 cm³/mol. The molecule has 4 heterocycles. The Kier molecular flexibility index (Phi) is 7.81. The molecule has 0 radical (unpaired) electrons. The zero-order chi connectivity index (χ0) is 34.4.